The Hall–Kier alpha value is -3.48. The van der Waals surface area contributed by atoms with Crippen molar-refractivity contribution >= 4 is 11.8 Å². The molecule has 0 saturated carbocycles. The third-order valence-corrected chi connectivity index (χ3v) is 6.05. The van der Waals surface area contributed by atoms with Crippen LogP contribution in [0.1, 0.15) is 35.2 Å². The van der Waals surface area contributed by atoms with Crippen molar-refractivity contribution in [3.05, 3.63) is 77.4 Å². The molecule has 1 aliphatic rings. The third kappa shape index (κ3) is 5.13. The molecule has 1 aromatic heterocycles. The number of carbonyl (C=O) groups is 2. The number of hydrogen-bond donors (Lipinski definition) is 0. The van der Waals surface area contributed by atoms with E-state index in [0.717, 1.165) is 29.5 Å². The lowest BCUT2D eigenvalue weighted by atomic mass is 9.91. The second-order valence-corrected chi connectivity index (χ2v) is 8.51. The van der Waals surface area contributed by atoms with Crippen LogP contribution in [-0.4, -0.2) is 53.5 Å². The number of amides is 2. The molecule has 172 valence electrons. The third-order valence-electron chi connectivity index (χ3n) is 6.05. The molecule has 0 bridgehead atoms. The monoisotopic (exact) mass is 449 g/mol. The standard InChI is InChI=1S/C26H28FN3O3/c1-3-7-22-16-24(28-33-22)26(32)30-13-12-29(2)25(31)20(17-30)14-18-8-4-5-11-23(18)19-9-6-10-21(27)15-19/h4-6,8-11,15-16,20H,3,7,12-14,17H2,1-2H3. The summed E-state index contributed by atoms with van der Waals surface area (Å²) in [4.78, 5) is 29.6. The van der Waals surface area contributed by atoms with E-state index in [-0.39, 0.29) is 29.9 Å². The highest BCUT2D eigenvalue weighted by Crippen LogP contribution is 2.28. The van der Waals surface area contributed by atoms with Gasteiger partial charge in [-0.25, -0.2) is 4.39 Å². The van der Waals surface area contributed by atoms with E-state index in [4.69, 9.17) is 4.52 Å². The molecule has 1 aliphatic heterocycles. The zero-order valence-electron chi connectivity index (χ0n) is 19.0. The molecule has 2 amide bonds. The van der Waals surface area contributed by atoms with Crippen LogP contribution in [0.2, 0.25) is 0 Å². The quantitative estimate of drug-likeness (QED) is 0.566. The molecule has 1 atom stereocenters. The van der Waals surface area contributed by atoms with Gasteiger partial charge in [-0.15, -0.1) is 0 Å². The van der Waals surface area contributed by atoms with E-state index < -0.39 is 5.92 Å². The summed E-state index contributed by atoms with van der Waals surface area (Å²) in [7, 11) is 1.76. The van der Waals surface area contributed by atoms with Crippen molar-refractivity contribution in [1.82, 2.24) is 15.0 Å². The predicted molar refractivity (Wildman–Crippen MR) is 123 cm³/mol. The maximum absolute atomic E-state index is 13.8. The minimum Gasteiger partial charge on any atom is -0.361 e. The van der Waals surface area contributed by atoms with E-state index in [1.165, 1.54) is 12.1 Å². The molecule has 0 N–H and O–H groups in total. The minimum absolute atomic E-state index is 0.00818. The fourth-order valence-corrected chi connectivity index (χ4v) is 4.31. The van der Waals surface area contributed by atoms with Crippen molar-refractivity contribution < 1.29 is 18.5 Å². The molecule has 6 nitrogen and oxygen atoms in total. The fraction of sp³-hybridized carbons (Fsp3) is 0.346. The lowest BCUT2D eigenvalue weighted by Gasteiger charge is -2.23. The van der Waals surface area contributed by atoms with Crippen LogP contribution in [0.5, 0.6) is 0 Å². The molecule has 33 heavy (non-hydrogen) atoms. The number of aromatic nitrogens is 1. The van der Waals surface area contributed by atoms with Gasteiger partial charge in [-0.05, 0) is 41.7 Å². The average molecular weight is 450 g/mol. The number of rotatable bonds is 6. The van der Waals surface area contributed by atoms with Gasteiger partial charge in [-0.2, -0.15) is 0 Å². The zero-order valence-corrected chi connectivity index (χ0v) is 19.0. The molecule has 3 aromatic rings. The number of nitrogens with zero attached hydrogens (tertiary/aromatic N) is 3. The first-order valence-corrected chi connectivity index (χ1v) is 11.3. The van der Waals surface area contributed by atoms with Gasteiger partial charge in [0.2, 0.25) is 5.91 Å². The number of hydrogen-bond acceptors (Lipinski definition) is 4. The average Bonchev–Trinajstić information content (AvgIpc) is 3.23. The molecule has 0 spiro atoms. The van der Waals surface area contributed by atoms with E-state index in [1.807, 2.05) is 37.3 Å². The second kappa shape index (κ2) is 9.98. The molecule has 1 saturated heterocycles. The molecule has 2 heterocycles. The Labute approximate surface area is 193 Å². The Morgan fingerprint density at radius 2 is 1.97 bits per heavy atom. The zero-order chi connectivity index (χ0) is 23.4. The summed E-state index contributed by atoms with van der Waals surface area (Å²) in [6.45, 7) is 3.20. The minimum atomic E-state index is -0.418. The van der Waals surface area contributed by atoms with E-state index in [1.54, 1.807) is 29.0 Å². The smallest absolute Gasteiger partial charge is 0.276 e. The number of likely N-dealkylation sites (N-methyl/N-ethyl adjacent to an activating group) is 1. The molecule has 4 rings (SSSR count). The second-order valence-electron chi connectivity index (χ2n) is 8.51. The molecule has 2 aromatic carbocycles. The molecular weight excluding hydrogens is 421 g/mol. The van der Waals surface area contributed by atoms with Crippen LogP contribution in [0.3, 0.4) is 0 Å². The van der Waals surface area contributed by atoms with Gasteiger partial charge in [0.25, 0.3) is 5.91 Å². The lowest BCUT2D eigenvalue weighted by Crippen LogP contribution is -2.37. The Morgan fingerprint density at radius 1 is 1.15 bits per heavy atom. The first-order chi connectivity index (χ1) is 16.0. The van der Waals surface area contributed by atoms with Crippen molar-refractivity contribution in [2.45, 2.75) is 26.2 Å². The summed E-state index contributed by atoms with van der Waals surface area (Å²) >= 11 is 0. The van der Waals surface area contributed by atoms with Crippen molar-refractivity contribution in [2.24, 2.45) is 5.92 Å². The van der Waals surface area contributed by atoms with Gasteiger partial charge in [-0.1, -0.05) is 48.5 Å². The van der Waals surface area contributed by atoms with Crippen LogP contribution < -0.4 is 0 Å². The number of halogens is 1. The first-order valence-electron chi connectivity index (χ1n) is 11.3. The molecule has 0 aliphatic carbocycles. The summed E-state index contributed by atoms with van der Waals surface area (Å²) in [5.41, 5.74) is 2.86. The van der Waals surface area contributed by atoms with Gasteiger partial charge in [-0.3, -0.25) is 9.59 Å². The molecule has 1 unspecified atom stereocenters. The van der Waals surface area contributed by atoms with Crippen LogP contribution in [0.15, 0.2) is 59.1 Å². The normalized spacial score (nSPS) is 16.7. The van der Waals surface area contributed by atoms with Crippen LogP contribution in [0.4, 0.5) is 4.39 Å². The van der Waals surface area contributed by atoms with E-state index in [0.29, 0.717) is 25.3 Å². The highest BCUT2D eigenvalue weighted by atomic mass is 19.1. The number of carbonyl (C=O) groups excluding carboxylic acids is 2. The van der Waals surface area contributed by atoms with Crippen molar-refractivity contribution in [2.75, 3.05) is 26.7 Å². The highest BCUT2D eigenvalue weighted by molar-refractivity contribution is 5.93. The van der Waals surface area contributed by atoms with Gasteiger partial charge in [0.15, 0.2) is 5.69 Å². The van der Waals surface area contributed by atoms with E-state index >= 15 is 0 Å². The van der Waals surface area contributed by atoms with Crippen LogP contribution in [0, 0.1) is 11.7 Å². The van der Waals surface area contributed by atoms with E-state index in [9.17, 15) is 14.0 Å². The Morgan fingerprint density at radius 3 is 2.76 bits per heavy atom. The van der Waals surface area contributed by atoms with Crippen molar-refractivity contribution in [3.63, 3.8) is 0 Å². The Kier molecular flexibility index (Phi) is 6.87. The maximum atomic E-state index is 13.8. The van der Waals surface area contributed by atoms with Gasteiger partial charge in [0.1, 0.15) is 11.6 Å². The molecular formula is C26H28FN3O3. The topological polar surface area (TPSA) is 66.7 Å². The molecule has 1 fully saturated rings. The van der Waals surface area contributed by atoms with Crippen LogP contribution in [0.25, 0.3) is 11.1 Å². The van der Waals surface area contributed by atoms with E-state index in [2.05, 4.69) is 5.16 Å². The van der Waals surface area contributed by atoms with Gasteiger partial charge < -0.3 is 14.3 Å². The summed E-state index contributed by atoms with van der Waals surface area (Å²) in [5, 5.41) is 3.95. The molecule has 7 heteroatoms. The summed E-state index contributed by atoms with van der Waals surface area (Å²) in [6.07, 6.45) is 2.07. The fourth-order valence-electron chi connectivity index (χ4n) is 4.31. The first kappa shape index (κ1) is 22.7. The Bertz CT molecular complexity index is 1140. The van der Waals surface area contributed by atoms with Crippen molar-refractivity contribution in [1.29, 1.82) is 0 Å². The van der Waals surface area contributed by atoms with Crippen LogP contribution >= 0.6 is 0 Å². The molecule has 0 radical (unpaired) electrons. The van der Waals surface area contributed by atoms with Gasteiger partial charge in [0.05, 0.1) is 5.92 Å². The number of benzene rings is 2. The largest absolute Gasteiger partial charge is 0.361 e. The van der Waals surface area contributed by atoms with Crippen LogP contribution in [-0.2, 0) is 17.6 Å². The summed E-state index contributed by atoms with van der Waals surface area (Å²) < 4.78 is 19.1. The SMILES string of the molecule is CCCc1cc(C(=O)N2CCN(C)C(=O)C(Cc3ccccc3-c3cccc(F)c3)C2)no1. The predicted octanol–water partition coefficient (Wildman–Crippen LogP) is 4.21. The summed E-state index contributed by atoms with van der Waals surface area (Å²) in [5.74, 6) is -0.277. The highest BCUT2D eigenvalue weighted by Gasteiger charge is 2.32. The number of aryl methyl sites for hydroxylation is 1. The Balaban J connectivity index is 1.59. The van der Waals surface area contributed by atoms with Gasteiger partial charge in [0, 0.05) is 39.2 Å². The van der Waals surface area contributed by atoms with Gasteiger partial charge >= 0.3 is 0 Å². The maximum Gasteiger partial charge on any atom is 0.276 e. The van der Waals surface area contributed by atoms with Crippen molar-refractivity contribution in [3.8, 4) is 11.1 Å². The summed E-state index contributed by atoms with van der Waals surface area (Å²) in [6, 6.07) is 15.8. The lowest BCUT2D eigenvalue weighted by molar-refractivity contribution is -0.133.